The lowest BCUT2D eigenvalue weighted by atomic mass is 10.0. The van der Waals surface area contributed by atoms with Crippen LogP contribution in [-0.4, -0.2) is 17.8 Å². The van der Waals surface area contributed by atoms with Crippen LogP contribution in [0.15, 0.2) is 0 Å². The summed E-state index contributed by atoms with van der Waals surface area (Å²) in [4.78, 5) is 0. The monoisotopic (exact) mass is 153 g/mol. The van der Waals surface area contributed by atoms with Crippen molar-refractivity contribution in [3.63, 3.8) is 0 Å². The average molecular weight is 154 g/mol. The molecule has 0 radical (unpaired) electrons. The molecular formula is C6H16ClNO. The molecule has 0 amide bonds. The van der Waals surface area contributed by atoms with Crippen molar-refractivity contribution in [1.82, 2.24) is 0 Å². The van der Waals surface area contributed by atoms with Crippen molar-refractivity contribution in [2.24, 2.45) is 11.7 Å². The molecular weight excluding hydrogens is 138 g/mol. The number of hydrogen-bond donors (Lipinski definition) is 2. The first-order chi connectivity index (χ1) is 3.72. The summed E-state index contributed by atoms with van der Waals surface area (Å²) in [5.41, 5.74) is 5.48. The Kier molecular flexibility index (Phi) is 8.40. The van der Waals surface area contributed by atoms with Crippen LogP contribution in [0.5, 0.6) is 0 Å². The van der Waals surface area contributed by atoms with Crippen molar-refractivity contribution in [2.75, 3.05) is 6.61 Å². The van der Waals surface area contributed by atoms with E-state index in [-0.39, 0.29) is 25.1 Å². The van der Waals surface area contributed by atoms with Gasteiger partial charge in [-0.05, 0) is 5.92 Å². The van der Waals surface area contributed by atoms with Crippen molar-refractivity contribution in [2.45, 2.75) is 26.3 Å². The van der Waals surface area contributed by atoms with Gasteiger partial charge in [0.05, 0.1) is 6.61 Å². The largest absolute Gasteiger partial charge is 0.395 e. The van der Waals surface area contributed by atoms with Crippen molar-refractivity contribution in [3.05, 3.63) is 0 Å². The highest BCUT2D eigenvalue weighted by atomic mass is 35.5. The van der Waals surface area contributed by atoms with Crippen LogP contribution in [0.2, 0.25) is 0 Å². The third kappa shape index (κ3) is 4.70. The Balaban J connectivity index is 0. The molecule has 0 heterocycles. The quantitative estimate of drug-likeness (QED) is 0.630. The van der Waals surface area contributed by atoms with Crippen molar-refractivity contribution < 1.29 is 5.11 Å². The molecule has 0 spiro atoms. The van der Waals surface area contributed by atoms with Crippen LogP contribution in [-0.2, 0) is 0 Å². The maximum atomic E-state index is 8.51. The van der Waals surface area contributed by atoms with E-state index in [9.17, 15) is 0 Å². The minimum Gasteiger partial charge on any atom is -0.395 e. The minimum absolute atomic E-state index is 0. The Bertz CT molecular complexity index is 53.0. The average Bonchev–Trinajstić information content (AvgIpc) is 1.84. The maximum absolute atomic E-state index is 8.51. The van der Waals surface area contributed by atoms with Crippen LogP contribution in [0.25, 0.3) is 0 Å². The van der Waals surface area contributed by atoms with Gasteiger partial charge in [-0.15, -0.1) is 12.4 Å². The second-order valence-corrected chi connectivity index (χ2v) is 2.23. The van der Waals surface area contributed by atoms with Gasteiger partial charge >= 0.3 is 0 Å². The van der Waals surface area contributed by atoms with Gasteiger partial charge in [-0.3, -0.25) is 0 Å². The highest BCUT2D eigenvalue weighted by Gasteiger charge is 2.07. The van der Waals surface area contributed by atoms with Gasteiger partial charge in [0.25, 0.3) is 0 Å². The van der Waals surface area contributed by atoms with Gasteiger partial charge in [0.1, 0.15) is 0 Å². The Morgan fingerprint density at radius 3 is 2.11 bits per heavy atom. The lowest BCUT2D eigenvalue weighted by Gasteiger charge is -2.14. The zero-order chi connectivity index (χ0) is 6.57. The Labute approximate surface area is 62.9 Å². The van der Waals surface area contributed by atoms with Crippen LogP contribution in [0.1, 0.15) is 20.3 Å². The molecule has 0 saturated carbocycles. The van der Waals surface area contributed by atoms with E-state index < -0.39 is 0 Å². The van der Waals surface area contributed by atoms with E-state index in [0.717, 1.165) is 6.42 Å². The van der Waals surface area contributed by atoms with Gasteiger partial charge < -0.3 is 10.8 Å². The second kappa shape index (κ2) is 6.33. The van der Waals surface area contributed by atoms with Gasteiger partial charge in [-0.25, -0.2) is 0 Å². The Morgan fingerprint density at radius 1 is 1.56 bits per heavy atom. The van der Waals surface area contributed by atoms with Gasteiger partial charge in [0.2, 0.25) is 0 Å². The van der Waals surface area contributed by atoms with Gasteiger partial charge in [0, 0.05) is 6.04 Å². The van der Waals surface area contributed by atoms with Crippen molar-refractivity contribution in [1.29, 1.82) is 0 Å². The number of aliphatic hydroxyl groups is 1. The standard InChI is InChI=1S/C6H15NO.ClH/c1-3-5(2)6(7)4-8;/h5-6,8H,3-4,7H2,1-2H3;1H/t5-,6+;/m0./s1. The van der Waals surface area contributed by atoms with E-state index in [1.54, 1.807) is 0 Å². The Hall–Kier alpha value is 0.210. The fraction of sp³-hybridized carbons (Fsp3) is 1.00. The molecule has 0 unspecified atom stereocenters. The molecule has 0 aromatic rings. The third-order valence-corrected chi connectivity index (χ3v) is 1.59. The van der Waals surface area contributed by atoms with E-state index in [1.807, 2.05) is 6.92 Å². The van der Waals surface area contributed by atoms with Gasteiger partial charge in [-0.2, -0.15) is 0 Å². The van der Waals surface area contributed by atoms with E-state index in [1.165, 1.54) is 0 Å². The molecule has 2 nitrogen and oxygen atoms in total. The van der Waals surface area contributed by atoms with E-state index >= 15 is 0 Å². The molecule has 0 saturated heterocycles. The molecule has 0 aliphatic rings. The molecule has 0 aliphatic carbocycles. The summed E-state index contributed by atoms with van der Waals surface area (Å²) >= 11 is 0. The fourth-order valence-electron chi connectivity index (χ4n) is 0.483. The second-order valence-electron chi connectivity index (χ2n) is 2.23. The molecule has 0 bridgehead atoms. The maximum Gasteiger partial charge on any atom is 0.0585 e. The Morgan fingerprint density at radius 2 is 2.00 bits per heavy atom. The van der Waals surface area contributed by atoms with Crippen molar-refractivity contribution >= 4 is 12.4 Å². The van der Waals surface area contributed by atoms with Gasteiger partial charge in [0.15, 0.2) is 0 Å². The minimum atomic E-state index is -0.0278. The molecule has 2 atom stereocenters. The summed E-state index contributed by atoms with van der Waals surface area (Å²) in [6.45, 7) is 4.22. The lowest BCUT2D eigenvalue weighted by Crippen LogP contribution is -2.31. The highest BCUT2D eigenvalue weighted by Crippen LogP contribution is 2.03. The molecule has 0 aromatic heterocycles. The topological polar surface area (TPSA) is 46.2 Å². The molecule has 0 fully saturated rings. The molecule has 3 N–H and O–H groups in total. The first-order valence-electron chi connectivity index (χ1n) is 3.08. The van der Waals surface area contributed by atoms with Crippen LogP contribution in [0.3, 0.4) is 0 Å². The SMILES string of the molecule is CC[C@H](C)[C@H](N)CO.Cl. The number of halogens is 1. The smallest absolute Gasteiger partial charge is 0.0585 e. The summed E-state index contributed by atoms with van der Waals surface area (Å²) in [6, 6.07) is -0.0278. The summed E-state index contributed by atoms with van der Waals surface area (Å²) in [7, 11) is 0. The number of aliphatic hydroxyl groups excluding tert-OH is 1. The van der Waals surface area contributed by atoms with Crippen LogP contribution >= 0.6 is 12.4 Å². The van der Waals surface area contributed by atoms with E-state index in [0.29, 0.717) is 5.92 Å². The van der Waals surface area contributed by atoms with E-state index in [2.05, 4.69) is 6.92 Å². The molecule has 0 rings (SSSR count). The summed E-state index contributed by atoms with van der Waals surface area (Å²) in [6.07, 6.45) is 1.04. The normalized spacial score (nSPS) is 16.0. The zero-order valence-corrected chi connectivity index (χ0v) is 6.82. The first kappa shape index (κ1) is 11.9. The van der Waals surface area contributed by atoms with Crippen molar-refractivity contribution in [3.8, 4) is 0 Å². The lowest BCUT2D eigenvalue weighted by molar-refractivity contribution is 0.230. The predicted octanol–water partition coefficient (Wildman–Crippen LogP) is 0.774. The number of rotatable bonds is 3. The van der Waals surface area contributed by atoms with Crippen LogP contribution < -0.4 is 5.73 Å². The predicted molar refractivity (Wildman–Crippen MR) is 41.8 cm³/mol. The molecule has 58 valence electrons. The van der Waals surface area contributed by atoms with Crippen LogP contribution in [0, 0.1) is 5.92 Å². The molecule has 9 heavy (non-hydrogen) atoms. The summed E-state index contributed by atoms with van der Waals surface area (Å²) in [5.74, 6) is 0.444. The van der Waals surface area contributed by atoms with Gasteiger partial charge in [-0.1, -0.05) is 20.3 Å². The zero-order valence-electron chi connectivity index (χ0n) is 6.00. The summed E-state index contributed by atoms with van der Waals surface area (Å²) in [5, 5.41) is 8.51. The number of nitrogens with two attached hydrogens (primary N) is 1. The highest BCUT2D eigenvalue weighted by molar-refractivity contribution is 5.85. The molecule has 3 heteroatoms. The third-order valence-electron chi connectivity index (χ3n) is 1.59. The molecule has 0 aliphatic heterocycles. The van der Waals surface area contributed by atoms with Crippen LogP contribution in [0.4, 0.5) is 0 Å². The first-order valence-corrected chi connectivity index (χ1v) is 3.08. The number of hydrogen-bond acceptors (Lipinski definition) is 2. The summed E-state index contributed by atoms with van der Waals surface area (Å²) < 4.78 is 0. The molecule has 0 aromatic carbocycles. The van der Waals surface area contributed by atoms with E-state index in [4.69, 9.17) is 10.8 Å². The fourth-order valence-corrected chi connectivity index (χ4v) is 0.483.